The molecule has 0 aliphatic heterocycles. The molecule has 8 heteroatoms. The summed E-state index contributed by atoms with van der Waals surface area (Å²) in [6.07, 6.45) is 6.89. The number of carbonyl (C=O) groups is 1. The van der Waals surface area contributed by atoms with E-state index in [4.69, 9.17) is 4.98 Å². The van der Waals surface area contributed by atoms with Crippen LogP contribution in [0.5, 0.6) is 0 Å². The normalized spacial score (nSPS) is 11.6. The van der Waals surface area contributed by atoms with Gasteiger partial charge >= 0.3 is 0 Å². The van der Waals surface area contributed by atoms with Gasteiger partial charge in [-0.1, -0.05) is 24.8 Å². The molecule has 5 rings (SSSR count). The molecule has 0 unspecified atom stereocenters. The number of aryl methyl sites for hydroxylation is 1. The van der Waals surface area contributed by atoms with Crippen molar-refractivity contribution >= 4 is 45.8 Å². The number of nitrogens with zero attached hydrogens (tertiary/aromatic N) is 5. The molecule has 0 fully saturated rings. The highest BCUT2D eigenvalue weighted by atomic mass is 16.1. The van der Waals surface area contributed by atoms with Gasteiger partial charge in [0.2, 0.25) is 0 Å². The van der Waals surface area contributed by atoms with Crippen LogP contribution in [0.3, 0.4) is 0 Å². The quantitative estimate of drug-likeness (QED) is 0.178. The first-order chi connectivity index (χ1) is 17.1. The number of H-pyrrole nitrogens is 1. The largest absolute Gasteiger partial charge is 0.341 e. The molecule has 0 spiro atoms. The van der Waals surface area contributed by atoms with Gasteiger partial charge in [-0.3, -0.25) is 14.9 Å². The van der Waals surface area contributed by atoms with Gasteiger partial charge in [-0.25, -0.2) is 9.97 Å². The van der Waals surface area contributed by atoms with Crippen molar-refractivity contribution < 1.29 is 4.79 Å². The molecule has 0 aliphatic rings. The van der Waals surface area contributed by atoms with Crippen LogP contribution in [0.4, 0.5) is 11.5 Å². The molecule has 35 heavy (non-hydrogen) atoms. The number of aromatic amines is 1. The number of aliphatic imine (C=N–C) groups is 1. The van der Waals surface area contributed by atoms with Crippen LogP contribution in [0.2, 0.25) is 0 Å². The van der Waals surface area contributed by atoms with E-state index in [1.807, 2.05) is 60.1 Å². The molecule has 2 N–H and O–H groups in total. The van der Waals surface area contributed by atoms with Crippen LogP contribution in [0.15, 0.2) is 90.3 Å². The summed E-state index contributed by atoms with van der Waals surface area (Å²) in [5.41, 5.74) is 4.99. The van der Waals surface area contributed by atoms with Gasteiger partial charge in [0.25, 0.3) is 0 Å². The minimum absolute atomic E-state index is 0.0166. The van der Waals surface area contributed by atoms with E-state index in [9.17, 15) is 4.79 Å². The molecule has 0 aliphatic carbocycles. The molecule has 0 atom stereocenters. The number of hydrogen-bond donors (Lipinski definition) is 2. The van der Waals surface area contributed by atoms with E-state index in [0.717, 1.165) is 38.6 Å². The number of ketones is 1. The van der Waals surface area contributed by atoms with Gasteiger partial charge in [0.05, 0.1) is 17.4 Å². The Morgan fingerprint density at radius 2 is 2.06 bits per heavy atom. The first-order valence-corrected chi connectivity index (χ1v) is 11.0. The van der Waals surface area contributed by atoms with E-state index in [1.165, 1.54) is 0 Å². The van der Waals surface area contributed by atoms with Crippen LogP contribution in [0.1, 0.15) is 16.9 Å². The van der Waals surface area contributed by atoms with Crippen molar-refractivity contribution in [2.75, 3.05) is 5.32 Å². The Hall–Kier alpha value is -4.85. The van der Waals surface area contributed by atoms with Crippen molar-refractivity contribution in [1.82, 2.24) is 24.7 Å². The highest BCUT2D eigenvalue weighted by Gasteiger charge is 2.15. The van der Waals surface area contributed by atoms with Crippen LogP contribution >= 0.6 is 0 Å². The predicted molar refractivity (Wildman–Crippen MR) is 140 cm³/mol. The number of benzene rings is 2. The highest BCUT2D eigenvalue weighted by Crippen LogP contribution is 2.27. The van der Waals surface area contributed by atoms with Gasteiger partial charge in [-0.05, 0) is 48.7 Å². The van der Waals surface area contributed by atoms with E-state index in [2.05, 4.69) is 38.8 Å². The first kappa shape index (κ1) is 22.0. The van der Waals surface area contributed by atoms with Crippen molar-refractivity contribution in [3.8, 4) is 11.4 Å². The third-order valence-electron chi connectivity index (χ3n) is 5.84. The molecule has 0 amide bonds. The fourth-order valence-electron chi connectivity index (χ4n) is 4.04. The number of carbonyl (C=O) groups excluding carboxylic acids is 1. The van der Waals surface area contributed by atoms with E-state index in [0.29, 0.717) is 17.3 Å². The van der Waals surface area contributed by atoms with Gasteiger partial charge in [-0.2, -0.15) is 5.10 Å². The molecule has 3 heterocycles. The highest BCUT2D eigenvalue weighted by molar-refractivity contribution is 6.01. The maximum absolute atomic E-state index is 12.9. The summed E-state index contributed by atoms with van der Waals surface area (Å²) in [6.45, 7) is 7.19. The van der Waals surface area contributed by atoms with Crippen LogP contribution < -0.4 is 5.32 Å². The van der Waals surface area contributed by atoms with Crippen molar-refractivity contribution in [2.24, 2.45) is 12.0 Å². The second kappa shape index (κ2) is 9.18. The molecule has 2 aromatic carbocycles. The Morgan fingerprint density at radius 3 is 2.89 bits per heavy atom. The zero-order valence-electron chi connectivity index (χ0n) is 19.2. The van der Waals surface area contributed by atoms with Crippen LogP contribution in [-0.4, -0.2) is 37.2 Å². The molecule has 8 nitrogen and oxygen atoms in total. The van der Waals surface area contributed by atoms with Gasteiger partial charge in [0, 0.05) is 53.4 Å². The van der Waals surface area contributed by atoms with Crippen molar-refractivity contribution in [1.29, 1.82) is 0 Å². The molecule has 5 aromatic rings. The fourth-order valence-corrected chi connectivity index (χ4v) is 4.04. The molecular formula is C27H23N7O. The van der Waals surface area contributed by atoms with E-state index in [-0.39, 0.29) is 12.2 Å². The van der Waals surface area contributed by atoms with E-state index >= 15 is 0 Å². The van der Waals surface area contributed by atoms with Crippen LogP contribution in [-0.2, 0) is 7.05 Å². The summed E-state index contributed by atoms with van der Waals surface area (Å²) in [6, 6.07) is 15.6. The smallest absolute Gasteiger partial charge is 0.183 e. The monoisotopic (exact) mass is 461 g/mol. The maximum atomic E-state index is 12.9. The second-order valence-electron chi connectivity index (χ2n) is 8.12. The number of rotatable bonds is 8. The maximum Gasteiger partial charge on any atom is 0.183 e. The number of fused-ring (bicyclic) bond motifs is 2. The summed E-state index contributed by atoms with van der Waals surface area (Å²) < 4.78 is 1.89. The lowest BCUT2D eigenvalue weighted by Crippen LogP contribution is -2.06. The Kier molecular flexibility index (Phi) is 5.76. The average Bonchev–Trinajstić information content (AvgIpc) is 3.47. The van der Waals surface area contributed by atoms with Gasteiger partial charge < -0.3 is 9.88 Å². The van der Waals surface area contributed by atoms with Crippen LogP contribution in [0, 0.1) is 0 Å². The van der Waals surface area contributed by atoms with Crippen LogP contribution in [0.25, 0.3) is 33.2 Å². The lowest BCUT2D eigenvalue weighted by molar-refractivity contribution is 0.0986. The minimum atomic E-state index is -0.0166. The standard InChI is InChI=1S/C27H23N7O/c1-4-17(15-28-2)11-25(35)24-13-18-5-6-19(14-23(18)34(24)3)27-29-10-9-26(32-27)31-21-7-8-22-20(12-21)16-30-33-22/h4-10,12-16H,1-2,11H2,3H3,(H,30,33)(H,29,31,32)/b17-15+. The number of anilines is 2. The van der Waals surface area contributed by atoms with E-state index in [1.54, 1.807) is 24.7 Å². The Bertz CT molecular complexity index is 1620. The molecule has 0 bridgehead atoms. The second-order valence-corrected chi connectivity index (χ2v) is 8.12. The summed E-state index contributed by atoms with van der Waals surface area (Å²) in [5.74, 6) is 1.25. The predicted octanol–water partition coefficient (Wildman–Crippen LogP) is 5.60. The molecule has 0 saturated carbocycles. The average molecular weight is 462 g/mol. The lowest BCUT2D eigenvalue weighted by Gasteiger charge is -2.08. The summed E-state index contributed by atoms with van der Waals surface area (Å²) >= 11 is 0. The molecule has 0 saturated heterocycles. The minimum Gasteiger partial charge on any atom is -0.341 e. The number of nitrogens with one attached hydrogen (secondary N) is 2. The number of Topliss-reactive ketones (excluding diaryl/α,β-unsaturated/α-hetero) is 1. The molecular weight excluding hydrogens is 438 g/mol. The lowest BCUT2D eigenvalue weighted by atomic mass is 10.1. The third-order valence-corrected chi connectivity index (χ3v) is 5.84. The van der Waals surface area contributed by atoms with Crippen molar-refractivity contribution in [3.05, 3.63) is 91.0 Å². The first-order valence-electron chi connectivity index (χ1n) is 11.0. The zero-order chi connectivity index (χ0) is 24.4. The number of allylic oxidation sites excluding steroid dienone is 2. The summed E-state index contributed by atoms with van der Waals surface area (Å²) in [4.78, 5) is 25.8. The van der Waals surface area contributed by atoms with Gasteiger partial charge in [-0.15, -0.1) is 0 Å². The van der Waals surface area contributed by atoms with E-state index < -0.39 is 0 Å². The van der Waals surface area contributed by atoms with Gasteiger partial charge in [0.15, 0.2) is 11.6 Å². The third kappa shape index (κ3) is 4.37. The number of aromatic nitrogens is 5. The van der Waals surface area contributed by atoms with Gasteiger partial charge in [0.1, 0.15) is 5.82 Å². The zero-order valence-corrected chi connectivity index (χ0v) is 19.2. The Balaban J connectivity index is 1.43. The SMILES string of the molecule is C=C/C(=C\N=C)CC(=O)c1cc2ccc(-c3nccc(Nc4ccc5[nH]ncc5c4)n3)cc2n1C. The summed E-state index contributed by atoms with van der Waals surface area (Å²) in [5, 5.41) is 12.3. The Labute approximate surface area is 201 Å². The number of hydrogen-bond acceptors (Lipinski definition) is 6. The topological polar surface area (TPSA) is 101 Å². The fraction of sp³-hybridized carbons (Fsp3) is 0.0741. The Morgan fingerprint density at radius 1 is 1.17 bits per heavy atom. The van der Waals surface area contributed by atoms with Crippen molar-refractivity contribution in [3.63, 3.8) is 0 Å². The molecule has 0 radical (unpaired) electrons. The van der Waals surface area contributed by atoms with Crippen molar-refractivity contribution in [2.45, 2.75) is 6.42 Å². The summed E-state index contributed by atoms with van der Waals surface area (Å²) in [7, 11) is 1.88. The molecule has 172 valence electrons. The molecule has 3 aromatic heterocycles.